The van der Waals surface area contributed by atoms with Crippen molar-refractivity contribution in [3.05, 3.63) is 94.8 Å². The molecule has 0 bridgehead atoms. The maximum atomic E-state index is 13.5. The second-order valence-electron chi connectivity index (χ2n) is 8.32. The van der Waals surface area contributed by atoms with E-state index in [1.54, 1.807) is 26.4 Å². The predicted molar refractivity (Wildman–Crippen MR) is 126 cm³/mol. The van der Waals surface area contributed by atoms with E-state index in [9.17, 15) is 9.18 Å². The maximum absolute atomic E-state index is 13.5. The Morgan fingerprint density at radius 1 is 0.970 bits per heavy atom. The van der Waals surface area contributed by atoms with Crippen molar-refractivity contribution in [1.29, 1.82) is 0 Å². The van der Waals surface area contributed by atoms with Crippen LogP contribution in [0.1, 0.15) is 28.3 Å². The zero-order valence-corrected chi connectivity index (χ0v) is 19.3. The van der Waals surface area contributed by atoms with Crippen molar-refractivity contribution in [2.24, 2.45) is 0 Å². The number of rotatable bonds is 7. The van der Waals surface area contributed by atoms with E-state index in [0.29, 0.717) is 24.6 Å². The molecule has 33 heavy (non-hydrogen) atoms. The van der Waals surface area contributed by atoms with Crippen LogP contribution in [-0.2, 0) is 17.8 Å². The molecule has 6 heteroatoms. The summed E-state index contributed by atoms with van der Waals surface area (Å²) in [6.07, 6.45) is 0.769. The lowest BCUT2D eigenvalue weighted by Gasteiger charge is -2.33. The lowest BCUT2D eigenvalue weighted by molar-refractivity contribution is -0.133. The van der Waals surface area contributed by atoms with E-state index in [-0.39, 0.29) is 24.3 Å². The topological polar surface area (TPSA) is 42.0 Å². The Bertz CT molecular complexity index is 1100. The highest BCUT2D eigenvalue weighted by Gasteiger charge is 2.26. The zero-order chi connectivity index (χ0) is 23.4. The van der Waals surface area contributed by atoms with Gasteiger partial charge in [-0.3, -0.25) is 9.69 Å². The Morgan fingerprint density at radius 2 is 1.58 bits per heavy atom. The van der Waals surface area contributed by atoms with Crippen LogP contribution < -0.4 is 9.47 Å². The monoisotopic (exact) mass is 448 g/mol. The fourth-order valence-electron chi connectivity index (χ4n) is 4.48. The number of nitrogens with zero attached hydrogens (tertiary/aromatic N) is 2. The van der Waals surface area contributed by atoms with Crippen LogP contribution >= 0.6 is 0 Å². The molecular weight excluding hydrogens is 419 g/mol. The van der Waals surface area contributed by atoms with Gasteiger partial charge < -0.3 is 14.4 Å². The largest absolute Gasteiger partial charge is 0.493 e. The van der Waals surface area contributed by atoms with Gasteiger partial charge in [-0.15, -0.1) is 0 Å². The predicted octanol–water partition coefficient (Wildman–Crippen LogP) is 4.45. The SMILES string of the molecule is COc1cc2c(cc1OC)CN(C(=O)CN(C)C(c1ccccc1)c1ccc(F)cc1)CC2. The van der Waals surface area contributed by atoms with Crippen molar-refractivity contribution in [2.75, 3.05) is 34.4 Å². The molecule has 1 atom stereocenters. The Labute approximate surface area is 194 Å². The summed E-state index contributed by atoms with van der Waals surface area (Å²) in [6, 6.07) is 20.3. The minimum Gasteiger partial charge on any atom is -0.493 e. The van der Waals surface area contributed by atoms with Gasteiger partial charge in [0.25, 0.3) is 0 Å². The van der Waals surface area contributed by atoms with Gasteiger partial charge in [0, 0.05) is 13.1 Å². The number of likely N-dealkylation sites (N-methyl/N-ethyl adjacent to an activating group) is 1. The van der Waals surface area contributed by atoms with Crippen molar-refractivity contribution in [3.63, 3.8) is 0 Å². The average Bonchev–Trinajstić information content (AvgIpc) is 2.84. The van der Waals surface area contributed by atoms with Crippen LogP contribution in [0.3, 0.4) is 0 Å². The standard InChI is InChI=1S/C27H29FN2O3/c1-29(27(19-7-5-4-6-8-19)20-9-11-23(28)12-10-20)18-26(31)30-14-13-21-15-24(32-2)25(33-3)16-22(21)17-30/h4-12,15-16,27H,13-14,17-18H2,1-3H3. The zero-order valence-electron chi connectivity index (χ0n) is 19.3. The third kappa shape index (κ3) is 5.01. The molecule has 1 aliphatic rings. The van der Waals surface area contributed by atoms with Gasteiger partial charge in [0.2, 0.25) is 5.91 Å². The van der Waals surface area contributed by atoms with E-state index in [0.717, 1.165) is 23.1 Å². The molecule has 5 nitrogen and oxygen atoms in total. The summed E-state index contributed by atoms with van der Waals surface area (Å²) in [7, 11) is 5.18. The Balaban J connectivity index is 1.52. The first kappa shape index (κ1) is 22.8. The summed E-state index contributed by atoms with van der Waals surface area (Å²) in [5, 5.41) is 0. The molecule has 0 aliphatic carbocycles. The van der Waals surface area contributed by atoms with E-state index in [1.165, 1.54) is 17.7 Å². The number of carbonyl (C=O) groups excluding carboxylic acids is 1. The summed E-state index contributed by atoms with van der Waals surface area (Å²) in [6.45, 7) is 1.44. The fourth-order valence-corrected chi connectivity index (χ4v) is 4.48. The normalized spacial score (nSPS) is 14.0. The molecule has 3 aromatic carbocycles. The van der Waals surface area contributed by atoms with Crippen LogP contribution in [0.15, 0.2) is 66.7 Å². The minimum absolute atomic E-state index is 0.0565. The van der Waals surface area contributed by atoms with Crippen molar-refractivity contribution >= 4 is 5.91 Å². The lowest BCUT2D eigenvalue weighted by atomic mass is 9.97. The highest BCUT2D eigenvalue weighted by Crippen LogP contribution is 2.33. The Morgan fingerprint density at radius 3 is 2.21 bits per heavy atom. The molecule has 1 unspecified atom stereocenters. The summed E-state index contributed by atoms with van der Waals surface area (Å²) in [5.41, 5.74) is 4.26. The maximum Gasteiger partial charge on any atom is 0.237 e. The number of amides is 1. The number of halogens is 1. The molecule has 4 rings (SSSR count). The van der Waals surface area contributed by atoms with Gasteiger partial charge >= 0.3 is 0 Å². The van der Waals surface area contributed by atoms with Gasteiger partial charge in [0.05, 0.1) is 26.8 Å². The molecule has 0 saturated carbocycles. The van der Waals surface area contributed by atoms with Gasteiger partial charge in [-0.1, -0.05) is 42.5 Å². The average molecular weight is 449 g/mol. The van der Waals surface area contributed by atoms with E-state index >= 15 is 0 Å². The summed E-state index contributed by atoms with van der Waals surface area (Å²) < 4.78 is 24.4. The van der Waals surface area contributed by atoms with E-state index in [1.807, 2.05) is 59.3 Å². The van der Waals surface area contributed by atoms with Gasteiger partial charge in [-0.05, 0) is 60.0 Å². The summed E-state index contributed by atoms with van der Waals surface area (Å²) in [4.78, 5) is 17.2. The molecule has 1 amide bonds. The van der Waals surface area contributed by atoms with E-state index < -0.39 is 0 Å². The second-order valence-corrected chi connectivity index (χ2v) is 8.32. The second kappa shape index (κ2) is 10.0. The Kier molecular flexibility index (Phi) is 6.94. The molecule has 0 fully saturated rings. The first-order valence-corrected chi connectivity index (χ1v) is 11.0. The number of carbonyl (C=O) groups is 1. The highest BCUT2D eigenvalue weighted by atomic mass is 19.1. The quantitative estimate of drug-likeness (QED) is 0.536. The fraction of sp³-hybridized carbons (Fsp3) is 0.296. The lowest BCUT2D eigenvalue weighted by Crippen LogP contribution is -2.42. The molecule has 3 aromatic rings. The molecule has 172 valence electrons. The van der Waals surface area contributed by atoms with Crippen LogP contribution in [0.25, 0.3) is 0 Å². The van der Waals surface area contributed by atoms with Crippen LogP contribution in [0.2, 0.25) is 0 Å². The number of hydrogen-bond donors (Lipinski definition) is 0. The first-order valence-electron chi connectivity index (χ1n) is 11.0. The molecular formula is C27H29FN2O3. The molecule has 0 aromatic heterocycles. The van der Waals surface area contributed by atoms with E-state index in [4.69, 9.17) is 9.47 Å². The third-order valence-electron chi connectivity index (χ3n) is 6.20. The highest BCUT2D eigenvalue weighted by molar-refractivity contribution is 5.78. The van der Waals surface area contributed by atoms with Gasteiger partial charge in [-0.2, -0.15) is 0 Å². The number of hydrogen-bond acceptors (Lipinski definition) is 4. The minimum atomic E-state index is -0.275. The van der Waals surface area contributed by atoms with Gasteiger partial charge in [0.1, 0.15) is 5.82 Å². The van der Waals surface area contributed by atoms with Gasteiger partial charge in [-0.25, -0.2) is 4.39 Å². The molecule has 1 aliphatic heterocycles. The van der Waals surface area contributed by atoms with Crippen LogP contribution in [0.5, 0.6) is 11.5 Å². The van der Waals surface area contributed by atoms with Crippen molar-refractivity contribution in [2.45, 2.75) is 19.0 Å². The van der Waals surface area contributed by atoms with Crippen molar-refractivity contribution in [3.8, 4) is 11.5 Å². The van der Waals surface area contributed by atoms with Gasteiger partial charge in [0.15, 0.2) is 11.5 Å². The number of fused-ring (bicyclic) bond motifs is 1. The van der Waals surface area contributed by atoms with Crippen LogP contribution in [-0.4, -0.2) is 50.1 Å². The molecule has 1 heterocycles. The van der Waals surface area contributed by atoms with Crippen LogP contribution in [0.4, 0.5) is 4.39 Å². The summed E-state index contributed by atoms with van der Waals surface area (Å²) in [5.74, 6) is 1.16. The smallest absolute Gasteiger partial charge is 0.237 e. The number of benzene rings is 3. The Hall–Kier alpha value is -3.38. The van der Waals surface area contributed by atoms with Crippen molar-refractivity contribution in [1.82, 2.24) is 9.80 Å². The molecule has 0 radical (unpaired) electrons. The van der Waals surface area contributed by atoms with Crippen LogP contribution in [0, 0.1) is 5.82 Å². The third-order valence-corrected chi connectivity index (χ3v) is 6.20. The number of methoxy groups -OCH3 is 2. The first-order chi connectivity index (χ1) is 16.0. The number of ether oxygens (including phenoxy) is 2. The molecule has 0 saturated heterocycles. The van der Waals surface area contributed by atoms with E-state index in [2.05, 4.69) is 0 Å². The molecule has 0 N–H and O–H groups in total. The summed E-state index contributed by atoms with van der Waals surface area (Å²) >= 11 is 0. The molecule has 0 spiro atoms. The van der Waals surface area contributed by atoms with Crippen molar-refractivity contribution < 1.29 is 18.7 Å².